The minimum atomic E-state index is -1.74. The van der Waals surface area contributed by atoms with E-state index in [1.165, 1.54) is 19.9 Å². The minimum absolute atomic E-state index is 0.0470. The van der Waals surface area contributed by atoms with E-state index >= 15 is 0 Å². The Morgan fingerprint density at radius 1 is 0.818 bits per heavy atom. The zero-order chi connectivity index (χ0) is 39.6. The Bertz CT molecular complexity index is 1580. The van der Waals surface area contributed by atoms with Crippen LogP contribution in [0.5, 0.6) is 0 Å². The van der Waals surface area contributed by atoms with E-state index < -0.39 is 74.0 Å². The van der Waals surface area contributed by atoms with E-state index in [1.807, 2.05) is 6.07 Å². The molecule has 19 atom stereocenters. The van der Waals surface area contributed by atoms with Crippen molar-refractivity contribution >= 4 is 11.9 Å². The number of fused-ring (bicyclic) bond motifs is 5. The predicted molar refractivity (Wildman–Crippen MR) is 190 cm³/mol. The van der Waals surface area contributed by atoms with E-state index in [0.717, 1.165) is 50.5 Å². The Morgan fingerprint density at radius 2 is 1.55 bits per heavy atom. The molecule has 6 fully saturated rings. The molecule has 55 heavy (non-hydrogen) atoms. The van der Waals surface area contributed by atoms with Crippen LogP contribution in [-0.4, -0.2) is 118 Å². The zero-order valence-corrected chi connectivity index (χ0v) is 32.2. The average Bonchev–Trinajstić information content (AvgIpc) is 3.50. The first-order valence-electron chi connectivity index (χ1n) is 19.9. The first-order chi connectivity index (χ1) is 26.1. The number of hydrogen-bond acceptors (Lipinski definition) is 15. The van der Waals surface area contributed by atoms with Crippen LogP contribution < -0.4 is 5.63 Å². The van der Waals surface area contributed by atoms with Gasteiger partial charge in [0.1, 0.15) is 42.7 Å². The molecule has 15 heteroatoms. The molecule has 1 aromatic rings. The second-order valence-corrected chi connectivity index (χ2v) is 17.5. The highest BCUT2D eigenvalue weighted by Gasteiger charge is 2.65. The molecule has 0 amide bonds. The molecule has 2 saturated heterocycles. The number of aliphatic hydroxyl groups excluding tert-OH is 5. The predicted octanol–water partition coefficient (Wildman–Crippen LogP) is 1.92. The molecule has 15 nitrogen and oxygen atoms in total. The zero-order valence-electron chi connectivity index (χ0n) is 32.2. The van der Waals surface area contributed by atoms with Gasteiger partial charge in [0.25, 0.3) is 0 Å². The lowest BCUT2D eigenvalue weighted by molar-refractivity contribution is -0.362. The van der Waals surface area contributed by atoms with Crippen molar-refractivity contribution in [1.82, 2.24) is 0 Å². The smallest absolute Gasteiger partial charge is 0.335 e. The average molecular weight is 779 g/mol. The van der Waals surface area contributed by atoms with E-state index in [-0.39, 0.29) is 40.6 Å². The quantitative estimate of drug-likeness (QED) is 0.188. The SMILES string of the molecule is CC(=O)O[C@H]1[C@@H](O[C@H]2O[C@H](CO)[C@H](O)[C@H](O)[C@H]2O)[C@H](O)[C@@H](O[C@H]2CC[C@@]3(C)[C@@H](CC[C@H]4[C@H]3C[C@H](OC(C)=O)[C@@]3(C)[C@@H](c5ccc(=O)oc5)CC[C@H]43)C2)O[C@H]1C. The van der Waals surface area contributed by atoms with E-state index in [9.17, 15) is 39.9 Å². The van der Waals surface area contributed by atoms with Gasteiger partial charge in [-0.25, -0.2) is 4.79 Å². The maximum absolute atomic E-state index is 12.6. The van der Waals surface area contributed by atoms with Gasteiger partial charge < -0.3 is 58.4 Å². The molecule has 3 heterocycles. The van der Waals surface area contributed by atoms with Crippen molar-refractivity contribution < 1.29 is 68.0 Å². The molecule has 308 valence electrons. The Balaban J connectivity index is 1.06. The summed E-state index contributed by atoms with van der Waals surface area (Å²) < 4.78 is 41.2. The molecule has 5 N–H and O–H groups in total. The Morgan fingerprint density at radius 3 is 2.22 bits per heavy atom. The molecule has 4 saturated carbocycles. The number of ether oxygens (including phenoxy) is 6. The fourth-order valence-electron chi connectivity index (χ4n) is 11.9. The van der Waals surface area contributed by atoms with Gasteiger partial charge in [-0.05, 0) is 105 Å². The van der Waals surface area contributed by atoms with Gasteiger partial charge in [-0.2, -0.15) is 0 Å². The van der Waals surface area contributed by atoms with Crippen molar-refractivity contribution in [1.29, 1.82) is 0 Å². The number of carbonyl (C=O) groups excluding carboxylic acids is 2. The van der Waals surface area contributed by atoms with Gasteiger partial charge in [-0.3, -0.25) is 9.59 Å². The van der Waals surface area contributed by atoms with Crippen molar-refractivity contribution in [2.45, 2.75) is 166 Å². The summed E-state index contributed by atoms with van der Waals surface area (Å²) in [6, 6.07) is 3.32. The lowest BCUT2D eigenvalue weighted by Crippen LogP contribution is -2.65. The van der Waals surface area contributed by atoms with Crippen LogP contribution in [0.2, 0.25) is 0 Å². The molecule has 7 rings (SSSR count). The van der Waals surface area contributed by atoms with Gasteiger partial charge in [0.2, 0.25) is 0 Å². The summed E-state index contributed by atoms with van der Waals surface area (Å²) in [6.07, 6.45) is -5.87. The van der Waals surface area contributed by atoms with Crippen LogP contribution >= 0.6 is 0 Å². The topological polar surface area (TPSA) is 221 Å². The van der Waals surface area contributed by atoms with Crippen LogP contribution in [0, 0.1) is 34.5 Å². The van der Waals surface area contributed by atoms with Gasteiger partial charge >= 0.3 is 17.6 Å². The third-order valence-corrected chi connectivity index (χ3v) is 14.6. The summed E-state index contributed by atoms with van der Waals surface area (Å²) >= 11 is 0. The Kier molecular flexibility index (Phi) is 11.6. The van der Waals surface area contributed by atoms with Crippen molar-refractivity contribution in [3.8, 4) is 0 Å². The van der Waals surface area contributed by atoms with Gasteiger partial charge in [0.05, 0.1) is 25.1 Å². The van der Waals surface area contributed by atoms with Crippen LogP contribution in [0.15, 0.2) is 27.6 Å². The molecule has 0 bridgehead atoms. The molecule has 2 aliphatic heterocycles. The molecule has 0 spiro atoms. The number of rotatable bonds is 8. The highest BCUT2D eigenvalue weighted by Crippen LogP contribution is 2.69. The van der Waals surface area contributed by atoms with Crippen LogP contribution in [0.4, 0.5) is 0 Å². The van der Waals surface area contributed by atoms with Gasteiger partial charge in [-0.15, -0.1) is 0 Å². The fourth-order valence-corrected chi connectivity index (χ4v) is 11.9. The summed E-state index contributed by atoms with van der Waals surface area (Å²) in [5, 5.41) is 52.6. The number of hydrogen-bond donors (Lipinski definition) is 5. The maximum atomic E-state index is 12.6. The lowest BCUT2D eigenvalue weighted by Gasteiger charge is -2.62. The monoisotopic (exact) mass is 778 g/mol. The first kappa shape index (κ1) is 40.7. The van der Waals surface area contributed by atoms with Crippen molar-refractivity contribution in [3.63, 3.8) is 0 Å². The maximum Gasteiger partial charge on any atom is 0.335 e. The van der Waals surface area contributed by atoms with Crippen molar-refractivity contribution in [2.75, 3.05) is 6.61 Å². The summed E-state index contributed by atoms with van der Waals surface area (Å²) in [4.78, 5) is 36.5. The van der Waals surface area contributed by atoms with Gasteiger partial charge in [0.15, 0.2) is 18.7 Å². The molecule has 6 aliphatic rings. The van der Waals surface area contributed by atoms with E-state index in [1.54, 1.807) is 13.2 Å². The third kappa shape index (κ3) is 7.31. The molecule has 0 unspecified atom stereocenters. The highest BCUT2D eigenvalue weighted by atomic mass is 16.7. The second-order valence-electron chi connectivity index (χ2n) is 17.5. The molecular formula is C40H58O15. The van der Waals surface area contributed by atoms with Crippen LogP contribution in [0.25, 0.3) is 0 Å². The Hall–Kier alpha value is -2.47. The Labute approximate surface area is 320 Å². The van der Waals surface area contributed by atoms with E-state index in [2.05, 4.69) is 13.8 Å². The second kappa shape index (κ2) is 15.7. The first-order valence-corrected chi connectivity index (χ1v) is 19.9. The van der Waals surface area contributed by atoms with Crippen LogP contribution in [-0.2, 0) is 38.0 Å². The molecule has 1 aromatic heterocycles. The molecule has 0 aromatic carbocycles. The summed E-state index contributed by atoms with van der Waals surface area (Å²) in [5.74, 6) is 0.532. The van der Waals surface area contributed by atoms with Crippen molar-refractivity contribution in [2.24, 2.45) is 34.5 Å². The van der Waals surface area contributed by atoms with Crippen molar-refractivity contribution in [3.05, 3.63) is 34.4 Å². The highest BCUT2D eigenvalue weighted by molar-refractivity contribution is 5.66. The van der Waals surface area contributed by atoms with Gasteiger partial charge in [0, 0.05) is 25.3 Å². The fraction of sp³-hybridized carbons (Fsp3) is 0.825. The standard InChI is InChI=1S/C40H58O15/c1-18-35(52-20(3)43)36(55-37-33(47)32(46)31(45)28(16-41)54-37)34(48)38(50-18)53-23-12-13-39(4)22(14-23)7-8-24-26-10-9-25(21-6-11-30(44)49-17-21)40(26,5)29(15-27(24)39)51-19(2)42/h6,11,17-18,22-29,31-38,41,45-48H,7-10,12-16H2,1-5H3/t18-,22-,23-,24+,25+,26+,27+,28+,29-,31-,32-,33+,34-,35+,36-,37+,38+,39-,40-/m0/s1. The third-order valence-electron chi connectivity index (χ3n) is 14.6. The van der Waals surface area contributed by atoms with Crippen LogP contribution in [0.3, 0.4) is 0 Å². The van der Waals surface area contributed by atoms with Crippen LogP contribution in [0.1, 0.15) is 97.5 Å². The number of esters is 2. The van der Waals surface area contributed by atoms with E-state index in [0.29, 0.717) is 30.1 Å². The summed E-state index contributed by atoms with van der Waals surface area (Å²) in [6.45, 7) is 8.30. The number of aliphatic hydroxyl groups is 5. The minimum Gasteiger partial charge on any atom is -0.462 e. The molecule has 4 aliphatic carbocycles. The normalized spacial score (nSPS) is 48.2. The lowest BCUT2D eigenvalue weighted by atomic mass is 9.44. The largest absolute Gasteiger partial charge is 0.462 e. The summed E-state index contributed by atoms with van der Waals surface area (Å²) in [7, 11) is 0. The van der Waals surface area contributed by atoms with E-state index in [4.69, 9.17) is 32.8 Å². The number of carbonyl (C=O) groups is 2. The molecular weight excluding hydrogens is 720 g/mol. The molecule has 0 radical (unpaired) electrons. The van der Waals surface area contributed by atoms with Gasteiger partial charge in [-0.1, -0.05) is 13.8 Å². The summed E-state index contributed by atoms with van der Waals surface area (Å²) in [5.41, 5.74) is 0.231.